The van der Waals surface area contributed by atoms with E-state index >= 15 is 0 Å². The largest absolute Gasteiger partial charge is 0.450 e. The Hall–Kier alpha value is -2.11. The topological polar surface area (TPSA) is 69.5 Å². The third-order valence-corrected chi connectivity index (χ3v) is 2.53. The van der Waals surface area contributed by atoms with Crippen molar-refractivity contribution in [2.75, 3.05) is 13.7 Å². The lowest BCUT2D eigenvalue weighted by atomic mass is 10.2. The smallest absolute Gasteiger partial charge is 0.406 e. The fourth-order valence-electron chi connectivity index (χ4n) is 1.48. The first-order chi connectivity index (χ1) is 8.76. The molecule has 18 heavy (non-hydrogen) atoms. The van der Waals surface area contributed by atoms with E-state index in [1.807, 2.05) is 25.1 Å². The van der Waals surface area contributed by atoms with Crippen LogP contribution in [0.1, 0.15) is 19.8 Å². The summed E-state index contributed by atoms with van der Waals surface area (Å²) in [7, 11) is 1.55. The van der Waals surface area contributed by atoms with Crippen molar-refractivity contribution in [3.05, 3.63) is 18.2 Å². The predicted molar refractivity (Wildman–Crippen MR) is 65.5 cm³/mol. The number of hydrogen-bond donors (Lipinski definition) is 1. The minimum absolute atomic E-state index is 0.344. The molecule has 0 aliphatic carbocycles. The maximum absolute atomic E-state index is 10.4. The zero-order chi connectivity index (χ0) is 13.0. The van der Waals surface area contributed by atoms with Gasteiger partial charge in [-0.3, -0.25) is 4.58 Å². The summed E-state index contributed by atoms with van der Waals surface area (Å²) >= 11 is 0. The molecule has 0 spiro atoms. The summed E-state index contributed by atoms with van der Waals surface area (Å²) in [5.74, 6) is 0. The maximum atomic E-state index is 10.4. The summed E-state index contributed by atoms with van der Waals surface area (Å²) in [5, 5.41) is 2.36. The molecule has 0 atom stereocenters. The lowest BCUT2D eigenvalue weighted by Gasteiger charge is -2.05. The predicted octanol–water partition coefficient (Wildman–Crippen LogP) is 2.83. The molecule has 0 fully saturated rings. The van der Waals surface area contributed by atoms with Gasteiger partial charge in [-0.2, -0.15) is 4.68 Å². The van der Waals surface area contributed by atoms with Crippen LogP contribution in [0.5, 0.6) is 0 Å². The molecule has 0 aromatic heterocycles. The van der Waals surface area contributed by atoms with Gasteiger partial charge in [0.25, 0.3) is 0 Å². The number of alkyl carbamates (subject to hydrolysis) is 1. The van der Waals surface area contributed by atoms with Crippen LogP contribution in [-0.4, -0.2) is 24.5 Å². The fourth-order valence-corrected chi connectivity index (χ4v) is 1.48. The molecule has 0 saturated heterocycles. The summed E-state index contributed by atoms with van der Waals surface area (Å²) in [6, 6.07) is 5.87. The van der Waals surface area contributed by atoms with Crippen molar-refractivity contribution in [1.82, 2.24) is 10.1 Å². The Labute approximate surface area is 104 Å². The monoisotopic (exact) mass is 252 g/mol. The molecule has 6 nitrogen and oxygen atoms in total. The van der Waals surface area contributed by atoms with Gasteiger partial charge in [0.05, 0.1) is 12.1 Å². The number of fused-ring (bicyclic) bond motifs is 1. The molecule has 1 N–H and O–H groups in total. The lowest BCUT2D eigenvalue weighted by molar-refractivity contribution is 0.00177. The van der Waals surface area contributed by atoms with Gasteiger partial charge in [-0.1, -0.05) is 13.3 Å². The number of unbranched alkanes of at least 4 members (excludes halogenated alkanes) is 1. The summed E-state index contributed by atoms with van der Waals surface area (Å²) in [4.78, 5) is 10.4. The van der Waals surface area contributed by atoms with E-state index in [4.69, 9.17) is 9.26 Å². The Morgan fingerprint density at radius 3 is 2.89 bits per heavy atom. The second-order valence-electron chi connectivity index (χ2n) is 3.84. The van der Waals surface area contributed by atoms with Gasteiger partial charge < -0.3 is 10.1 Å². The molecule has 6 heteroatoms. The maximum Gasteiger partial charge on any atom is 0.406 e. The van der Waals surface area contributed by atoms with Crippen molar-refractivity contribution >= 4 is 17.2 Å². The van der Waals surface area contributed by atoms with Crippen LogP contribution in [-0.2, 0) is 4.74 Å². The number of pyridine rings is 1. The summed E-state index contributed by atoms with van der Waals surface area (Å²) in [6.07, 6.45) is 1.65. The molecule has 1 amide bonds. The zero-order valence-corrected chi connectivity index (χ0v) is 10.4. The number of amides is 1. The molecule has 1 aromatic rings. The van der Waals surface area contributed by atoms with E-state index in [0.717, 1.165) is 29.6 Å². The Bertz CT molecular complexity index is 540. The lowest BCUT2D eigenvalue weighted by Crippen LogP contribution is -2.19. The number of nitrogens with zero attached hydrogens (tertiary/aromatic N) is 1. The highest BCUT2D eigenvalue weighted by molar-refractivity contribution is 5.77. The number of nitrogens with one attached hydrogen (secondary N) is 1. The van der Waals surface area contributed by atoms with Crippen molar-refractivity contribution < 1.29 is 18.8 Å². The zero-order valence-electron chi connectivity index (χ0n) is 10.4. The number of carbonyl (C=O) groups excluding carboxylic acids is 1. The van der Waals surface area contributed by atoms with Crippen molar-refractivity contribution in [2.45, 2.75) is 19.8 Å². The third-order valence-electron chi connectivity index (χ3n) is 2.53. The Kier molecular flexibility index (Phi) is 3.76. The summed E-state index contributed by atoms with van der Waals surface area (Å²) < 4.78 is 15.9. The Balaban J connectivity index is 0.000000134. The Morgan fingerprint density at radius 2 is 2.33 bits per heavy atom. The molecule has 98 valence electrons. The van der Waals surface area contributed by atoms with Crippen molar-refractivity contribution in [2.24, 2.45) is 0 Å². The minimum atomic E-state index is -0.344. The van der Waals surface area contributed by atoms with Crippen LogP contribution in [0.15, 0.2) is 27.5 Å². The normalized spacial score (nSPS) is 10.6. The van der Waals surface area contributed by atoms with Gasteiger partial charge in [0.2, 0.25) is 5.58 Å². The number of carbonyl (C=O) groups is 1. The van der Waals surface area contributed by atoms with Crippen molar-refractivity contribution in [3.63, 3.8) is 0 Å². The van der Waals surface area contributed by atoms with E-state index in [1.54, 1.807) is 11.8 Å². The van der Waals surface area contributed by atoms with Gasteiger partial charge in [-0.05, 0) is 24.6 Å². The molecular weight excluding hydrogens is 236 g/mol. The van der Waals surface area contributed by atoms with Gasteiger partial charge >= 0.3 is 6.09 Å². The standard InChI is InChI=1S/C6H3NO2.C6H13NO2/c1-2-6-5-3-4(1)7(5)9-8-6;1-3-4-5-9-6(8)7-2/h1-3H;3-5H2,1-2H3,(H,7,8). The molecule has 4 rings (SSSR count). The Morgan fingerprint density at radius 1 is 1.50 bits per heavy atom. The third kappa shape index (κ3) is 2.42. The number of benzene rings is 1. The van der Waals surface area contributed by atoms with Gasteiger partial charge in [0.15, 0.2) is 0 Å². The van der Waals surface area contributed by atoms with Crippen molar-refractivity contribution in [3.8, 4) is 5.69 Å². The van der Waals surface area contributed by atoms with E-state index in [-0.39, 0.29) is 6.09 Å². The van der Waals surface area contributed by atoms with E-state index in [1.165, 1.54) is 0 Å². The number of rotatable bonds is 3. The second-order valence-corrected chi connectivity index (χ2v) is 3.84. The molecule has 3 aliphatic heterocycles. The average Bonchev–Trinajstić information content (AvgIpc) is 2.60. The summed E-state index contributed by atoms with van der Waals surface area (Å²) in [6.45, 7) is 2.57. The van der Waals surface area contributed by atoms with Gasteiger partial charge in [-0.15, -0.1) is 4.74 Å². The molecule has 3 heterocycles. The first-order valence-electron chi connectivity index (χ1n) is 5.89. The SMILES string of the molecule is CCCCOC(=O)NC.c1cc2cc3c1oon2-3. The molecule has 0 radical (unpaired) electrons. The second kappa shape index (κ2) is 5.48. The highest BCUT2D eigenvalue weighted by Gasteiger charge is 2.18. The van der Waals surface area contributed by atoms with E-state index in [2.05, 4.69) is 10.1 Å². The van der Waals surface area contributed by atoms with Gasteiger partial charge in [0, 0.05) is 7.05 Å². The highest BCUT2D eigenvalue weighted by Crippen LogP contribution is 2.30. The minimum Gasteiger partial charge on any atom is -0.450 e. The van der Waals surface area contributed by atoms with Crippen LogP contribution < -0.4 is 5.32 Å². The highest BCUT2D eigenvalue weighted by atomic mass is 17.0. The first kappa shape index (κ1) is 12.3. The number of aromatic nitrogens is 1. The van der Waals surface area contributed by atoms with Crippen molar-refractivity contribution in [1.29, 1.82) is 0 Å². The first-order valence-corrected chi connectivity index (χ1v) is 5.89. The molecule has 0 unspecified atom stereocenters. The van der Waals surface area contributed by atoms with E-state index in [9.17, 15) is 4.79 Å². The summed E-state index contributed by atoms with van der Waals surface area (Å²) in [5.41, 5.74) is 2.91. The van der Waals surface area contributed by atoms with Gasteiger partial charge in [-0.25, -0.2) is 4.79 Å². The van der Waals surface area contributed by atoms with Crippen LogP contribution in [0.3, 0.4) is 0 Å². The van der Waals surface area contributed by atoms with Crippen LogP contribution in [0.2, 0.25) is 0 Å². The van der Waals surface area contributed by atoms with Crippen LogP contribution in [0, 0.1) is 0 Å². The molecule has 3 aliphatic rings. The van der Waals surface area contributed by atoms with E-state index in [0.29, 0.717) is 6.61 Å². The molecular formula is C12H16N2O4. The molecule has 1 aromatic carbocycles. The number of ether oxygens (including phenoxy) is 1. The van der Waals surface area contributed by atoms with Crippen LogP contribution >= 0.6 is 0 Å². The quantitative estimate of drug-likeness (QED) is 0.574. The van der Waals surface area contributed by atoms with Crippen LogP contribution in [0.25, 0.3) is 16.8 Å². The van der Waals surface area contributed by atoms with E-state index < -0.39 is 0 Å². The fraction of sp³-hybridized carbons (Fsp3) is 0.417. The average molecular weight is 252 g/mol. The molecule has 0 saturated carbocycles. The molecule has 4 bridgehead atoms. The van der Waals surface area contributed by atoms with Gasteiger partial charge in [0.1, 0.15) is 5.69 Å². The number of hydrogen-bond acceptors (Lipinski definition) is 4. The van der Waals surface area contributed by atoms with Crippen LogP contribution in [0.4, 0.5) is 4.79 Å².